The van der Waals surface area contributed by atoms with Gasteiger partial charge in [-0.3, -0.25) is 0 Å². The van der Waals surface area contributed by atoms with Crippen molar-refractivity contribution in [2.24, 2.45) is 0 Å². The average Bonchev–Trinajstić information content (AvgIpc) is 3.80. The van der Waals surface area contributed by atoms with Crippen LogP contribution in [0.15, 0.2) is 170 Å². The molecule has 12 aromatic carbocycles. The number of benzene rings is 10. The predicted octanol–water partition coefficient (Wildman–Crippen LogP) is 16.8. The van der Waals surface area contributed by atoms with Gasteiger partial charge < -0.3 is 0 Å². The molecule has 292 valence electrons. The van der Waals surface area contributed by atoms with E-state index >= 15 is 0 Å². The molecule has 0 bridgehead atoms. The molecule has 62 heavy (non-hydrogen) atoms. The monoisotopic (exact) mass is 801 g/mol. The molecule has 12 rings (SSSR count). The number of halogens is 3. The standard InChI is InChI=1S/C58H34F3N/c1-32-27-37(38-24-23-34(31-62)29-49(38)58(59,60)61)28-33(2)50(32)43-25-26-46-53-42(43)20-12-22-45(53)57-52(36-15-7-4-8-16-36)55-44-21-11-19-41-39-17-9-10-18-40(39)47(54(41)44)30-48(55)51(56(46)57)35-13-5-3-6-14-35/h3-30H,1-2H3. The Morgan fingerprint density at radius 3 is 1.55 bits per heavy atom. The van der Waals surface area contributed by atoms with Crippen LogP contribution in [0.1, 0.15) is 22.3 Å². The first-order valence-electron chi connectivity index (χ1n) is 20.8. The third-order valence-electron chi connectivity index (χ3n) is 13.2. The fraction of sp³-hybridized carbons (Fsp3) is 0.0517. The molecule has 0 N–H and O–H groups in total. The molecule has 0 aliphatic carbocycles. The van der Waals surface area contributed by atoms with E-state index in [9.17, 15) is 18.4 Å². The molecule has 0 aliphatic heterocycles. The van der Waals surface area contributed by atoms with E-state index in [2.05, 4.69) is 140 Å². The molecule has 1 nitrogen and oxygen atoms in total. The van der Waals surface area contributed by atoms with Crippen LogP contribution in [0.3, 0.4) is 0 Å². The van der Waals surface area contributed by atoms with Crippen molar-refractivity contribution in [2.45, 2.75) is 20.0 Å². The van der Waals surface area contributed by atoms with Gasteiger partial charge >= 0.3 is 6.18 Å². The Hall–Kier alpha value is -7.74. The van der Waals surface area contributed by atoms with Gasteiger partial charge in [0.1, 0.15) is 0 Å². The van der Waals surface area contributed by atoms with E-state index in [0.29, 0.717) is 5.56 Å². The van der Waals surface area contributed by atoms with Gasteiger partial charge in [0, 0.05) is 0 Å². The topological polar surface area (TPSA) is 23.8 Å². The summed E-state index contributed by atoms with van der Waals surface area (Å²) in [5, 5.41) is 26.4. The summed E-state index contributed by atoms with van der Waals surface area (Å²) >= 11 is 0. The van der Waals surface area contributed by atoms with Gasteiger partial charge in [0.25, 0.3) is 0 Å². The summed E-state index contributed by atoms with van der Waals surface area (Å²) in [6, 6.07) is 60.0. The highest BCUT2D eigenvalue weighted by atomic mass is 19.4. The van der Waals surface area contributed by atoms with Gasteiger partial charge in [0.2, 0.25) is 0 Å². The Morgan fingerprint density at radius 1 is 0.371 bits per heavy atom. The van der Waals surface area contributed by atoms with Gasteiger partial charge in [-0.25, -0.2) is 0 Å². The van der Waals surface area contributed by atoms with Crippen LogP contribution in [0.4, 0.5) is 13.2 Å². The maximum absolute atomic E-state index is 14.4. The highest BCUT2D eigenvalue weighted by Gasteiger charge is 2.34. The largest absolute Gasteiger partial charge is 0.417 e. The van der Waals surface area contributed by atoms with Crippen molar-refractivity contribution < 1.29 is 13.2 Å². The molecule has 12 aromatic rings. The number of nitrogens with zero attached hydrogens (tertiary/aromatic N) is 1. The molecule has 0 spiro atoms. The summed E-state index contributed by atoms with van der Waals surface area (Å²) in [5.41, 5.74) is 8.18. The Labute approximate surface area is 355 Å². The van der Waals surface area contributed by atoms with E-state index in [-0.39, 0.29) is 11.1 Å². The van der Waals surface area contributed by atoms with E-state index < -0.39 is 11.7 Å². The van der Waals surface area contributed by atoms with Crippen LogP contribution in [0, 0.1) is 25.2 Å². The predicted molar refractivity (Wildman–Crippen MR) is 252 cm³/mol. The van der Waals surface area contributed by atoms with Crippen molar-refractivity contribution in [1.82, 2.24) is 0 Å². The van der Waals surface area contributed by atoms with Crippen LogP contribution in [0.2, 0.25) is 0 Å². The second kappa shape index (κ2) is 13.1. The van der Waals surface area contributed by atoms with E-state index in [1.807, 2.05) is 32.0 Å². The van der Waals surface area contributed by atoms with Crippen LogP contribution < -0.4 is 0 Å². The Kier molecular flexibility index (Phi) is 7.65. The fourth-order valence-electron chi connectivity index (χ4n) is 10.9. The maximum atomic E-state index is 14.4. The summed E-state index contributed by atoms with van der Waals surface area (Å²) in [5.74, 6) is 0. The zero-order valence-corrected chi connectivity index (χ0v) is 33.7. The molecular formula is C58H34F3N. The number of hydrogen-bond acceptors (Lipinski definition) is 1. The number of alkyl halides is 3. The maximum Gasteiger partial charge on any atom is 0.417 e. The van der Waals surface area contributed by atoms with Gasteiger partial charge in [0.15, 0.2) is 0 Å². The van der Waals surface area contributed by atoms with Crippen LogP contribution >= 0.6 is 0 Å². The van der Waals surface area contributed by atoms with Crippen molar-refractivity contribution in [1.29, 1.82) is 5.26 Å². The summed E-state index contributed by atoms with van der Waals surface area (Å²) in [6.45, 7) is 3.96. The van der Waals surface area contributed by atoms with Crippen molar-refractivity contribution in [2.75, 3.05) is 0 Å². The highest BCUT2D eigenvalue weighted by molar-refractivity contribution is 6.45. The summed E-state index contributed by atoms with van der Waals surface area (Å²) in [6.07, 6.45) is -4.62. The normalized spacial score (nSPS) is 12.3. The number of aryl methyl sites for hydroxylation is 2. The first-order valence-corrected chi connectivity index (χ1v) is 20.8. The van der Waals surface area contributed by atoms with E-state index in [0.717, 1.165) is 55.6 Å². The van der Waals surface area contributed by atoms with E-state index in [1.165, 1.54) is 82.5 Å². The number of fused-ring (bicyclic) bond motifs is 8. The molecule has 0 heterocycles. The SMILES string of the molecule is Cc1cc(-c2ccc(C#N)cc2C(F)(F)F)cc(C)c1-c1ccc2c3c(-c4ccccc4)c4cc5c6ccccc6c6cccc(c4c(-c4ccccc4)c3c3cccc1c23)c65. The van der Waals surface area contributed by atoms with Gasteiger partial charge in [-0.05, 0) is 163 Å². The molecule has 0 fully saturated rings. The van der Waals surface area contributed by atoms with Crippen molar-refractivity contribution in [3.63, 3.8) is 0 Å². The first-order chi connectivity index (χ1) is 30.2. The van der Waals surface area contributed by atoms with Gasteiger partial charge in [-0.1, -0.05) is 152 Å². The van der Waals surface area contributed by atoms with E-state index in [4.69, 9.17) is 0 Å². The average molecular weight is 802 g/mol. The molecule has 0 unspecified atom stereocenters. The molecule has 4 heteroatoms. The molecular weight excluding hydrogens is 768 g/mol. The lowest BCUT2D eigenvalue weighted by molar-refractivity contribution is -0.137. The van der Waals surface area contributed by atoms with Crippen LogP contribution in [0.25, 0.3) is 120 Å². The summed E-state index contributed by atoms with van der Waals surface area (Å²) < 4.78 is 43.2. The van der Waals surface area contributed by atoms with Crippen LogP contribution in [-0.2, 0) is 6.18 Å². The second-order valence-corrected chi connectivity index (χ2v) is 16.6. The second-order valence-electron chi connectivity index (χ2n) is 16.6. The van der Waals surface area contributed by atoms with Crippen molar-refractivity contribution in [3.05, 3.63) is 192 Å². The number of hydrogen-bond donors (Lipinski definition) is 0. The zero-order chi connectivity index (χ0) is 42.0. The van der Waals surface area contributed by atoms with Crippen LogP contribution in [0.5, 0.6) is 0 Å². The Balaban J connectivity index is 1.22. The minimum Gasteiger partial charge on any atom is -0.192 e. The lowest BCUT2D eigenvalue weighted by atomic mass is 9.84. The molecule has 0 saturated heterocycles. The van der Waals surface area contributed by atoms with Gasteiger partial charge in [0.05, 0.1) is 17.2 Å². The lowest BCUT2D eigenvalue weighted by Gasteiger charge is -2.19. The van der Waals surface area contributed by atoms with Crippen molar-refractivity contribution >= 4 is 75.4 Å². The Bertz CT molecular complexity index is 3830. The minimum absolute atomic E-state index is 0.0225. The highest BCUT2D eigenvalue weighted by Crippen LogP contribution is 2.55. The third kappa shape index (κ3) is 5.03. The molecule has 0 saturated carbocycles. The molecule has 0 amide bonds. The van der Waals surface area contributed by atoms with E-state index in [1.54, 1.807) is 0 Å². The smallest absolute Gasteiger partial charge is 0.192 e. The number of rotatable bonds is 4. The fourth-order valence-corrected chi connectivity index (χ4v) is 10.9. The van der Waals surface area contributed by atoms with Crippen molar-refractivity contribution in [3.8, 4) is 50.6 Å². The molecule has 0 aliphatic rings. The summed E-state index contributed by atoms with van der Waals surface area (Å²) in [7, 11) is 0. The zero-order valence-electron chi connectivity index (χ0n) is 33.7. The van der Waals surface area contributed by atoms with Crippen LogP contribution in [-0.4, -0.2) is 0 Å². The first kappa shape index (κ1) is 36.1. The molecule has 0 atom stereocenters. The molecule has 0 radical (unpaired) electrons. The minimum atomic E-state index is -4.62. The lowest BCUT2D eigenvalue weighted by Crippen LogP contribution is -2.08. The Morgan fingerprint density at radius 2 is 0.887 bits per heavy atom. The quantitative estimate of drug-likeness (QED) is 0.163. The summed E-state index contributed by atoms with van der Waals surface area (Å²) in [4.78, 5) is 0. The third-order valence-corrected chi connectivity index (χ3v) is 13.2. The van der Waals surface area contributed by atoms with Gasteiger partial charge in [-0.15, -0.1) is 0 Å². The molecule has 0 aromatic heterocycles. The van der Waals surface area contributed by atoms with Gasteiger partial charge in [-0.2, -0.15) is 18.4 Å². The number of nitriles is 1.